The van der Waals surface area contributed by atoms with Crippen LogP contribution in [-0.4, -0.2) is 41.0 Å². The molecule has 1 fully saturated rings. The van der Waals surface area contributed by atoms with Gasteiger partial charge in [-0.25, -0.2) is 0 Å². The normalized spacial score (nSPS) is 22.2. The molecule has 0 saturated heterocycles. The van der Waals surface area contributed by atoms with E-state index in [-0.39, 0.29) is 12.6 Å². The van der Waals surface area contributed by atoms with Crippen LogP contribution < -0.4 is 0 Å². The van der Waals surface area contributed by atoms with Crippen molar-refractivity contribution in [1.82, 2.24) is 4.90 Å². The molecule has 0 aromatic rings. The standard InChI is InChI=1S/C14H27NO2/c1-3-12(4-2)15(10-11-16)13-8-6-5-7-9-14(13)17/h12-13,16H,3-11H2,1-2H3. The molecule has 0 bridgehead atoms. The molecule has 1 atom stereocenters. The van der Waals surface area contributed by atoms with Crippen molar-refractivity contribution in [3.05, 3.63) is 0 Å². The summed E-state index contributed by atoms with van der Waals surface area (Å²) >= 11 is 0. The number of Topliss-reactive ketones (excluding diaryl/α,β-unsaturated/α-hetero) is 1. The fourth-order valence-corrected chi connectivity index (χ4v) is 2.96. The number of ketones is 1. The van der Waals surface area contributed by atoms with Gasteiger partial charge >= 0.3 is 0 Å². The Morgan fingerprint density at radius 3 is 2.59 bits per heavy atom. The minimum Gasteiger partial charge on any atom is -0.395 e. The zero-order valence-corrected chi connectivity index (χ0v) is 11.3. The molecule has 3 heteroatoms. The molecule has 3 nitrogen and oxygen atoms in total. The molecule has 1 saturated carbocycles. The second-order valence-electron chi connectivity index (χ2n) is 5.01. The van der Waals surface area contributed by atoms with Gasteiger partial charge in [-0.3, -0.25) is 9.69 Å². The zero-order valence-electron chi connectivity index (χ0n) is 11.3. The highest BCUT2D eigenvalue weighted by Crippen LogP contribution is 2.23. The monoisotopic (exact) mass is 241 g/mol. The number of aliphatic hydroxyl groups is 1. The topological polar surface area (TPSA) is 40.5 Å². The molecule has 0 aliphatic heterocycles. The lowest BCUT2D eigenvalue weighted by molar-refractivity contribution is -0.125. The highest BCUT2D eigenvalue weighted by Gasteiger charge is 2.30. The Kier molecular flexibility index (Phi) is 6.75. The molecule has 1 unspecified atom stereocenters. The van der Waals surface area contributed by atoms with Gasteiger partial charge in [0.15, 0.2) is 0 Å². The average molecular weight is 241 g/mol. The molecule has 0 spiro atoms. The quantitative estimate of drug-likeness (QED) is 0.726. The number of carbonyl (C=O) groups excluding carboxylic acids is 1. The molecule has 0 aromatic carbocycles. The summed E-state index contributed by atoms with van der Waals surface area (Å²) in [6.45, 7) is 5.13. The molecule has 0 amide bonds. The molecule has 1 aliphatic rings. The van der Waals surface area contributed by atoms with Gasteiger partial charge < -0.3 is 5.11 Å². The van der Waals surface area contributed by atoms with Crippen LogP contribution in [0, 0.1) is 0 Å². The minimum atomic E-state index is 0.0644. The Balaban J connectivity index is 2.75. The maximum Gasteiger partial charge on any atom is 0.149 e. The summed E-state index contributed by atoms with van der Waals surface area (Å²) in [5.41, 5.74) is 0. The van der Waals surface area contributed by atoms with E-state index in [1.165, 1.54) is 6.42 Å². The molecule has 100 valence electrons. The van der Waals surface area contributed by atoms with Gasteiger partial charge in [0.25, 0.3) is 0 Å². The second-order valence-corrected chi connectivity index (χ2v) is 5.01. The number of carbonyl (C=O) groups is 1. The molecule has 17 heavy (non-hydrogen) atoms. The van der Waals surface area contributed by atoms with Crippen LogP contribution in [0.25, 0.3) is 0 Å². The van der Waals surface area contributed by atoms with Gasteiger partial charge in [0.05, 0.1) is 12.6 Å². The van der Waals surface area contributed by atoms with Crippen molar-refractivity contribution in [3.8, 4) is 0 Å². The van der Waals surface area contributed by atoms with Gasteiger partial charge in [-0.2, -0.15) is 0 Å². The van der Waals surface area contributed by atoms with Gasteiger partial charge in [0.1, 0.15) is 5.78 Å². The smallest absolute Gasteiger partial charge is 0.149 e. The second kappa shape index (κ2) is 7.83. The summed E-state index contributed by atoms with van der Waals surface area (Å²) in [7, 11) is 0. The first-order valence-electron chi connectivity index (χ1n) is 7.13. The van der Waals surface area contributed by atoms with Gasteiger partial charge in [-0.1, -0.05) is 26.7 Å². The highest BCUT2D eigenvalue weighted by atomic mass is 16.3. The van der Waals surface area contributed by atoms with Crippen LogP contribution in [0.15, 0.2) is 0 Å². The van der Waals surface area contributed by atoms with Crippen LogP contribution in [0.3, 0.4) is 0 Å². The fourth-order valence-electron chi connectivity index (χ4n) is 2.96. The Bertz CT molecular complexity index is 226. The molecule has 1 rings (SSSR count). The summed E-state index contributed by atoms with van der Waals surface area (Å²) in [6.07, 6.45) is 7.20. The van der Waals surface area contributed by atoms with E-state index in [1.54, 1.807) is 0 Å². The van der Waals surface area contributed by atoms with E-state index in [0.29, 0.717) is 18.4 Å². The first kappa shape index (κ1) is 14.7. The molecule has 1 aliphatic carbocycles. The van der Waals surface area contributed by atoms with Crippen LogP contribution in [0.1, 0.15) is 58.8 Å². The number of hydrogen-bond acceptors (Lipinski definition) is 3. The third-order valence-corrected chi connectivity index (χ3v) is 3.94. The van der Waals surface area contributed by atoms with Crippen molar-refractivity contribution in [2.24, 2.45) is 0 Å². The van der Waals surface area contributed by atoms with Crippen molar-refractivity contribution < 1.29 is 9.90 Å². The molecule has 1 N–H and O–H groups in total. The SMILES string of the molecule is CCC(CC)N(CCO)C1CCCCCC1=O. The van der Waals surface area contributed by atoms with Crippen molar-refractivity contribution >= 4 is 5.78 Å². The number of aliphatic hydroxyl groups excluding tert-OH is 1. The number of nitrogens with zero attached hydrogens (tertiary/aromatic N) is 1. The van der Waals surface area contributed by atoms with E-state index in [4.69, 9.17) is 0 Å². The third-order valence-electron chi connectivity index (χ3n) is 3.94. The Hall–Kier alpha value is -0.410. The zero-order chi connectivity index (χ0) is 12.7. The van der Waals surface area contributed by atoms with Crippen LogP contribution in [-0.2, 0) is 4.79 Å². The summed E-state index contributed by atoms with van der Waals surface area (Å²) < 4.78 is 0. The number of rotatable bonds is 6. The predicted octanol–water partition coefficient (Wildman–Crippen LogP) is 2.37. The Morgan fingerprint density at radius 2 is 2.00 bits per heavy atom. The van der Waals surface area contributed by atoms with E-state index < -0.39 is 0 Å². The lowest BCUT2D eigenvalue weighted by Crippen LogP contribution is -2.48. The van der Waals surface area contributed by atoms with Gasteiger partial charge in [0.2, 0.25) is 0 Å². The Labute approximate surface area is 105 Å². The highest BCUT2D eigenvalue weighted by molar-refractivity contribution is 5.84. The van der Waals surface area contributed by atoms with Gasteiger partial charge in [-0.15, -0.1) is 0 Å². The van der Waals surface area contributed by atoms with Gasteiger partial charge in [-0.05, 0) is 25.7 Å². The van der Waals surface area contributed by atoms with Crippen molar-refractivity contribution in [1.29, 1.82) is 0 Å². The Morgan fingerprint density at radius 1 is 1.29 bits per heavy atom. The van der Waals surface area contributed by atoms with E-state index in [2.05, 4.69) is 18.7 Å². The van der Waals surface area contributed by atoms with E-state index >= 15 is 0 Å². The first-order valence-corrected chi connectivity index (χ1v) is 7.13. The molecule has 0 aromatic heterocycles. The molecule has 0 radical (unpaired) electrons. The average Bonchev–Trinajstić information content (AvgIpc) is 2.54. The van der Waals surface area contributed by atoms with Crippen LogP contribution in [0.2, 0.25) is 0 Å². The maximum absolute atomic E-state index is 12.1. The largest absolute Gasteiger partial charge is 0.395 e. The van der Waals surface area contributed by atoms with Crippen molar-refractivity contribution in [2.45, 2.75) is 70.9 Å². The van der Waals surface area contributed by atoms with Crippen molar-refractivity contribution in [3.63, 3.8) is 0 Å². The number of hydrogen-bond donors (Lipinski definition) is 1. The van der Waals surface area contributed by atoms with Crippen LogP contribution in [0.5, 0.6) is 0 Å². The summed E-state index contributed by atoms with van der Waals surface area (Å²) in [6, 6.07) is 0.503. The maximum atomic E-state index is 12.1. The van der Waals surface area contributed by atoms with Crippen LogP contribution in [0.4, 0.5) is 0 Å². The van der Waals surface area contributed by atoms with Crippen LogP contribution >= 0.6 is 0 Å². The first-order chi connectivity index (χ1) is 8.24. The summed E-state index contributed by atoms with van der Waals surface area (Å²) in [5.74, 6) is 0.392. The summed E-state index contributed by atoms with van der Waals surface area (Å²) in [5, 5.41) is 9.21. The lowest BCUT2D eigenvalue weighted by Gasteiger charge is -2.35. The van der Waals surface area contributed by atoms with Gasteiger partial charge in [0, 0.05) is 19.0 Å². The third kappa shape index (κ3) is 4.07. The predicted molar refractivity (Wildman–Crippen MR) is 70.0 cm³/mol. The lowest BCUT2D eigenvalue weighted by atomic mass is 10.0. The minimum absolute atomic E-state index is 0.0644. The van der Waals surface area contributed by atoms with E-state index in [1.807, 2.05) is 0 Å². The fraction of sp³-hybridized carbons (Fsp3) is 0.929. The van der Waals surface area contributed by atoms with E-state index in [9.17, 15) is 9.90 Å². The summed E-state index contributed by atoms with van der Waals surface area (Å²) in [4.78, 5) is 14.4. The molecule has 0 heterocycles. The van der Waals surface area contributed by atoms with Crippen molar-refractivity contribution in [2.75, 3.05) is 13.2 Å². The molecular weight excluding hydrogens is 214 g/mol. The van der Waals surface area contributed by atoms with E-state index in [0.717, 1.165) is 38.5 Å². The molecular formula is C14H27NO2.